The smallest absolute Gasteiger partial charge is 0.336 e. The van der Waals surface area contributed by atoms with Crippen LogP contribution in [-0.2, 0) is 11.2 Å². The number of nitrogens with one attached hydrogen (secondary N) is 1. The summed E-state index contributed by atoms with van der Waals surface area (Å²) in [6.45, 7) is 0. The van der Waals surface area contributed by atoms with Crippen molar-refractivity contribution in [1.82, 2.24) is 0 Å². The Morgan fingerprint density at radius 2 is 1.91 bits per heavy atom. The quantitative estimate of drug-likeness (QED) is 0.726. The van der Waals surface area contributed by atoms with Crippen molar-refractivity contribution in [2.24, 2.45) is 0 Å². The van der Waals surface area contributed by atoms with Gasteiger partial charge in [0.25, 0.3) is 0 Å². The summed E-state index contributed by atoms with van der Waals surface area (Å²) in [7, 11) is 0. The van der Waals surface area contributed by atoms with Crippen molar-refractivity contribution >= 4 is 38.5 Å². The van der Waals surface area contributed by atoms with Crippen LogP contribution >= 0.6 is 15.9 Å². The molecule has 5 heteroatoms. The molecule has 110 valence electrons. The lowest BCUT2D eigenvalue weighted by Crippen LogP contribution is -2.15. The molecule has 0 aliphatic carbocycles. The van der Waals surface area contributed by atoms with Crippen molar-refractivity contribution in [3.05, 3.63) is 75.1 Å². The maximum Gasteiger partial charge on any atom is 0.336 e. The normalized spacial score (nSPS) is 10.6. The fourth-order valence-electron chi connectivity index (χ4n) is 2.27. The molecule has 0 saturated heterocycles. The van der Waals surface area contributed by atoms with Crippen LogP contribution in [0.4, 0.5) is 5.69 Å². The van der Waals surface area contributed by atoms with Crippen LogP contribution < -0.4 is 10.9 Å². The number of halogens is 1. The van der Waals surface area contributed by atoms with Gasteiger partial charge < -0.3 is 9.73 Å². The molecule has 3 rings (SSSR count). The molecular formula is C17H12BrNO3. The van der Waals surface area contributed by atoms with E-state index in [-0.39, 0.29) is 12.3 Å². The van der Waals surface area contributed by atoms with Gasteiger partial charge in [-0.25, -0.2) is 4.79 Å². The van der Waals surface area contributed by atoms with Crippen LogP contribution in [0.15, 0.2) is 68.3 Å². The highest BCUT2D eigenvalue weighted by atomic mass is 79.9. The Bertz CT molecular complexity index is 902. The number of carbonyl (C=O) groups excluding carboxylic acids is 1. The van der Waals surface area contributed by atoms with Gasteiger partial charge in [0.2, 0.25) is 5.91 Å². The van der Waals surface area contributed by atoms with Crippen LogP contribution in [0.25, 0.3) is 11.0 Å². The molecule has 0 spiro atoms. The third-order valence-corrected chi connectivity index (χ3v) is 3.69. The van der Waals surface area contributed by atoms with Gasteiger partial charge >= 0.3 is 5.63 Å². The number of fused-ring (bicyclic) bond motifs is 1. The second kappa shape index (κ2) is 6.15. The second-order valence-electron chi connectivity index (χ2n) is 4.82. The Morgan fingerprint density at radius 3 is 2.73 bits per heavy atom. The molecule has 0 aliphatic rings. The van der Waals surface area contributed by atoms with E-state index in [0.29, 0.717) is 16.8 Å². The molecule has 1 heterocycles. The number of anilines is 1. The molecule has 0 atom stereocenters. The molecule has 4 nitrogen and oxygen atoms in total. The summed E-state index contributed by atoms with van der Waals surface area (Å²) in [4.78, 5) is 23.8. The number of para-hydroxylation sites is 1. The fraction of sp³-hybridized carbons (Fsp3) is 0.0588. The molecule has 0 unspecified atom stereocenters. The lowest BCUT2D eigenvalue weighted by Gasteiger charge is -2.07. The molecule has 0 fully saturated rings. The third kappa shape index (κ3) is 3.26. The molecule has 0 saturated carbocycles. The average Bonchev–Trinajstić information content (AvgIpc) is 2.47. The molecule has 1 N–H and O–H groups in total. The Morgan fingerprint density at radius 1 is 1.09 bits per heavy atom. The standard InChI is InChI=1S/C17H12BrNO3/c18-12-4-3-5-13(10-12)19-16(20)8-11-9-17(21)22-15-7-2-1-6-14(11)15/h1-7,9-10H,8H2,(H,19,20). The average molecular weight is 358 g/mol. The first-order chi connectivity index (χ1) is 10.6. The zero-order valence-corrected chi connectivity index (χ0v) is 13.1. The first kappa shape index (κ1) is 14.5. The zero-order chi connectivity index (χ0) is 15.5. The van der Waals surface area contributed by atoms with Crippen LogP contribution in [-0.4, -0.2) is 5.91 Å². The summed E-state index contributed by atoms with van der Waals surface area (Å²) in [6.07, 6.45) is 0.110. The van der Waals surface area contributed by atoms with E-state index in [1.54, 1.807) is 18.2 Å². The minimum atomic E-state index is -0.455. The topological polar surface area (TPSA) is 59.3 Å². The Hall–Kier alpha value is -2.40. The van der Waals surface area contributed by atoms with Crippen molar-refractivity contribution < 1.29 is 9.21 Å². The van der Waals surface area contributed by atoms with Crippen LogP contribution in [0, 0.1) is 0 Å². The number of hydrogen-bond acceptors (Lipinski definition) is 3. The SMILES string of the molecule is O=C(Cc1cc(=O)oc2ccccc12)Nc1cccc(Br)c1. The highest BCUT2D eigenvalue weighted by Crippen LogP contribution is 2.19. The summed E-state index contributed by atoms with van der Waals surface area (Å²) < 4.78 is 6.01. The minimum absolute atomic E-state index is 0.110. The van der Waals surface area contributed by atoms with E-state index >= 15 is 0 Å². The van der Waals surface area contributed by atoms with Crippen LogP contribution in [0.2, 0.25) is 0 Å². The molecule has 1 aromatic heterocycles. The predicted octanol–water partition coefficient (Wildman–Crippen LogP) is 3.74. The lowest BCUT2D eigenvalue weighted by atomic mass is 10.1. The number of carbonyl (C=O) groups is 1. The lowest BCUT2D eigenvalue weighted by molar-refractivity contribution is -0.115. The van der Waals surface area contributed by atoms with Crippen molar-refractivity contribution in [2.45, 2.75) is 6.42 Å². The zero-order valence-electron chi connectivity index (χ0n) is 11.5. The van der Waals surface area contributed by atoms with Crippen molar-refractivity contribution in [1.29, 1.82) is 0 Å². The van der Waals surface area contributed by atoms with E-state index in [0.717, 1.165) is 9.86 Å². The summed E-state index contributed by atoms with van der Waals surface area (Å²) in [6, 6.07) is 15.9. The molecular weight excluding hydrogens is 346 g/mol. The molecule has 1 amide bonds. The molecule has 3 aromatic rings. The molecule has 22 heavy (non-hydrogen) atoms. The Labute approximate surface area is 134 Å². The predicted molar refractivity (Wildman–Crippen MR) is 89.0 cm³/mol. The van der Waals surface area contributed by atoms with E-state index in [9.17, 15) is 9.59 Å². The van der Waals surface area contributed by atoms with Gasteiger partial charge in [0, 0.05) is 21.6 Å². The van der Waals surface area contributed by atoms with Gasteiger partial charge in [-0.05, 0) is 29.8 Å². The number of hydrogen-bond donors (Lipinski definition) is 1. The van der Waals surface area contributed by atoms with E-state index < -0.39 is 5.63 Å². The van der Waals surface area contributed by atoms with Crippen LogP contribution in [0.5, 0.6) is 0 Å². The molecule has 0 aliphatic heterocycles. The summed E-state index contributed by atoms with van der Waals surface area (Å²) in [5, 5.41) is 3.58. The summed E-state index contributed by atoms with van der Waals surface area (Å²) >= 11 is 3.36. The van der Waals surface area contributed by atoms with E-state index in [1.165, 1.54) is 6.07 Å². The first-order valence-corrected chi connectivity index (χ1v) is 7.48. The molecule has 0 radical (unpaired) electrons. The maximum atomic E-state index is 12.2. The van der Waals surface area contributed by atoms with E-state index in [4.69, 9.17) is 4.42 Å². The van der Waals surface area contributed by atoms with E-state index in [2.05, 4.69) is 21.2 Å². The number of rotatable bonds is 3. The second-order valence-corrected chi connectivity index (χ2v) is 5.74. The highest BCUT2D eigenvalue weighted by Gasteiger charge is 2.10. The van der Waals surface area contributed by atoms with Gasteiger partial charge in [0.15, 0.2) is 0 Å². The Balaban J connectivity index is 1.87. The van der Waals surface area contributed by atoms with Gasteiger partial charge in [-0.15, -0.1) is 0 Å². The van der Waals surface area contributed by atoms with Crippen molar-refractivity contribution in [2.75, 3.05) is 5.32 Å². The van der Waals surface area contributed by atoms with E-state index in [1.807, 2.05) is 30.3 Å². The Kier molecular flexibility index (Phi) is 4.06. The highest BCUT2D eigenvalue weighted by molar-refractivity contribution is 9.10. The molecule has 2 aromatic carbocycles. The van der Waals surface area contributed by atoms with Crippen molar-refractivity contribution in [3.63, 3.8) is 0 Å². The monoisotopic (exact) mass is 357 g/mol. The van der Waals surface area contributed by atoms with Gasteiger partial charge in [-0.2, -0.15) is 0 Å². The summed E-state index contributed by atoms with van der Waals surface area (Å²) in [5.41, 5.74) is 1.38. The van der Waals surface area contributed by atoms with Gasteiger partial charge in [0.05, 0.1) is 6.42 Å². The number of amides is 1. The molecule has 0 bridgehead atoms. The first-order valence-electron chi connectivity index (χ1n) is 6.69. The van der Waals surface area contributed by atoms with Gasteiger partial charge in [-0.3, -0.25) is 4.79 Å². The number of benzene rings is 2. The minimum Gasteiger partial charge on any atom is -0.423 e. The van der Waals surface area contributed by atoms with Gasteiger partial charge in [0.1, 0.15) is 5.58 Å². The third-order valence-electron chi connectivity index (χ3n) is 3.20. The van der Waals surface area contributed by atoms with Crippen LogP contribution in [0.3, 0.4) is 0 Å². The van der Waals surface area contributed by atoms with Gasteiger partial charge in [-0.1, -0.05) is 40.2 Å². The maximum absolute atomic E-state index is 12.2. The van der Waals surface area contributed by atoms with Crippen LogP contribution in [0.1, 0.15) is 5.56 Å². The van der Waals surface area contributed by atoms with Crippen molar-refractivity contribution in [3.8, 4) is 0 Å². The fourth-order valence-corrected chi connectivity index (χ4v) is 2.67. The summed E-state index contributed by atoms with van der Waals surface area (Å²) in [5.74, 6) is -0.186. The largest absolute Gasteiger partial charge is 0.423 e.